The van der Waals surface area contributed by atoms with E-state index in [1.165, 1.54) is 12.1 Å². The number of aromatic nitrogens is 2. The van der Waals surface area contributed by atoms with Crippen molar-refractivity contribution in [3.63, 3.8) is 0 Å². The van der Waals surface area contributed by atoms with Crippen molar-refractivity contribution in [3.05, 3.63) is 89.0 Å². The fraction of sp³-hybridized carbons (Fsp3) is 0.273. The number of rotatable bonds is 6. The Morgan fingerprint density at radius 2 is 1.89 bits per heavy atom. The van der Waals surface area contributed by atoms with E-state index in [-0.39, 0.29) is 17.6 Å². The molecule has 0 fully saturated rings. The molecule has 1 atom stereocenters. The molecule has 1 amide bonds. The summed E-state index contributed by atoms with van der Waals surface area (Å²) in [5.41, 5.74) is 3.97. The topological polar surface area (TPSA) is 59.0 Å². The Morgan fingerprint density at radius 1 is 1.14 bits per heavy atom. The monoisotopic (exact) mass is 378 g/mol. The SMILES string of the molecule is O=C(CC(c1ccccc1)c1ccc(F)cc1)NCc1cc2n(n1)CCNC2. The second kappa shape index (κ2) is 8.35. The lowest BCUT2D eigenvalue weighted by Gasteiger charge is -2.18. The number of carbonyl (C=O) groups is 1. The van der Waals surface area contributed by atoms with Crippen molar-refractivity contribution in [2.75, 3.05) is 6.54 Å². The Labute approximate surface area is 163 Å². The number of amides is 1. The molecule has 1 unspecified atom stereocenters. The van der Waals surface area contributed by atoms with Gasteiger partial charge in [-0.15, -0.1) is 0 Å². The molecule has 3 aromatic rings. The van der Waals surface area contributed by atoms with Crippen molar-refractivity contribution in [2.24, 2.45) is 0 Å². The summed E-state index contributed by atoms with van der Waals surface area (Å²) in [6, 6.07) is 18.2. The van der Waals surface area contributed by atoms with Crippen LogP contribution in [0, 0.1) is 5.82 Å². The second-order valence-electron chi connectivity index (χ2n) is 7.02. The molecule has 1 aromatic heterocycles. The molecule has 0 radical (unpaired) electrons. The summed E-state index contributed by atoms with van der Waals surface area (Å²) in [4.78, 5) is 12.7. The van der Waals surface area contributed by atoms with Gasteiger partial charge >= 0.3 is 0 Å². The number of hydrogen-bond donors (Lipinski definition) is 2. The maximum absolute atomic E-state index is 13.3. The van der Waals surface area contributed by atoms with E-state index in [4.69, 9.17) is 0 Å². The summed E-state index contributed by atoms with van der Waals surface area (Å²) in [5.74, 6) is -0.457. The van der Waals surface area contributed by atoms with Gasteiger partial charge in [0, 0.05) is 25.4 Å². The Hall–Kier alpha value is -2.99. The molecule has 2 aromatic carbocycles. The molecule has 2 N–H and O–H groups in total. The maximum atomic E-state index is 13.3. The molecule has 1 aliphatic rings. The zero-order valence-corrected chi connectivity index (χ0v) is 15.6. The Kier molecular flexibility index (Phi) is 5.48. The maximum Gasteiger partial charge on any atom is 0.221 e. The van der Waals surface area contributed by atoms with Crippen molar-refractivity contribution in [1.82, 2.24) is 20.4 Å². The normalized spacial score (nSPS) is 14.3. The lowest BCUT2D eigenvalue weighted by atomic mass is 9.88. The van der Waals surface area contributed by atoms with E-state index in [9.17, 15) is 9.18 Å². The van der Waals surface area contributed by atoms with Crippen LogP contribution >= 0.6 is 0 Å². The smallest absolute Gasteiger partial charge is 0.221 e. The molecule has 2 heterocycles. The highest BCUT2D eigenvalue weighted by atomic mass is 19.1. The van der Waals surface area contributed by atoms with Crippen LogP contribution in [-0.4, -0.2) is 22.2 Å². The first-order valence-corrected chi connectivity index (χ1v) is 9.52. The number of hydrogen-bond acceptors (Lipinski definition) is 3. The van der Waals surface area contributed by atoms with Crippen LogP contribution in [0.25, 0.3) is 0 Å². The van der Waals surface area contributed by atoms with Crippen LogP contribution in [0.4, 0.5) is 4.39 Å². The van der Waals surface area contributed by atoms with Crippen LogP contribution in [-0.2, 0) is 24.4 Å². The zero-order valence-electron chi connectivity index (χ0n) is 15.6. The average Bonchev–Trinajstić information content (AvgIpc) is 3.15. The minimum Gasteiger partial charge on any atom is -0.350 e. The van der Waals surface area contributed by atoms with Crippen LogP contribution in [0.15, 0.2) is 60.7 Å². The highest BCUT2D eigenvalue weighted by Gasteiger charge is 2.19. The van der Waals surface area contributed by atoms with Gasteiger partial charge in [-0.25, -0.2) is 4.39 Å². The first kappa shape index (κ1) is 18.4. The highest BCUT2D eigenvalue weighted by molar-refractivity contribution is 5.77. The van der Waals surface area contributed by atoms with Crippen molar-refractivity contribution >= 4 is 5.91 Å². The lowest BCUT2D eigenvalue weighted by molar-refractivity contribution is -0.121. The predicted molar refractivity (Wildman–Crippen MR) is 105 cm³/mol. The quantitative estimate of drug-likeness (QED) is 0.693. The van der Waals surface area contributed by atoms with Crippen molar-refractivity contribution < 1.29 is 9.18 Å². The Bertz CT molecular complexity index is 913. The summed E-state index contributed by atoms with van der Waals surface area (Å²) >= 11 is 0. The van der Waals surface area contributed by atoms with Gasteiger partial charge in [-0.3, -0.25) is 9.48 Å². The van der Waals surface area contributed by atoms with Crippen LogP contribution < -0.4 is 10.6 Å². The lowest BCUT2D eigenvalue weighted by Crippen LogP contribution is -2.28. The summed E-state index contributed by atoms with van der Waals surface area (Å²) in [5, 5.41) is 10.8. The van der Waals surface area contributed by atoms with Crippen molar-refractivity contribution in [3.8, 4) is 0 Å². The molecule has 0 spiro atoms. The van der Waals surface area contributed by atoms with E-state index in [0.717, 1.165) is 42.1 Å². The first-order chi connectivity index (χ1) is 13.7. The molecule has 6 heteroatoms. The third-order valence-electron chi connectivity index (χ3n) is 5.05. The van der Waals surface area contributed by atoms with E-state index >= 15 is 0 Å². The van der Waals surface area contributed by atoms with E-state index in [2.05, 4.69) is 15.7 Å². The molecule has 0 saturated heterocycles. The molecule has 4 rings (SSSR count). The van der Waals surface area contributed by atoms with Gasteiger partial charge in [0.25, 0.3) is 0 Å². The van der Waals surface area contributed by atoms with Gasteiger partial charge in [-0.1, -0.05) is 42.5 Å². The Balaban J connectivity index is 1.44. The standard InChI is InChI=1S/C22H23FN4O/c23-18-8-6-17(7-9-18)21(16-4-2-1-3-5-16)13-22(28)25-14-19-12-20-15-24-10-11-27(20)26-19/h1-9,12,21,24H,10-11,13-15H2,(H,25,28). The van der Waals surface area contributed by atoms with Gasteiger partial charge in [-0.2, -0.15) is 5.10 Å². The van der Waals surface area contributed by atoms with Crippen LogP contribution in [0.5, 0.6) is 0 Å². The number of nitrogens with one attached hydrogen (secondary N) is 2. The minimum absolute atomic E-state index is 0.0534. The van der Waals surface area contributed by atoms with Crippen molar-refractivity contribution in [1.29, 1.82) is 0 Å². The largest absolute Gasteiger partial charge is 0.350 e. The summed E-state index contributed by atoms with van der Waals surface area (Å²) in [6.45, 7) is 2.98. The number of halogens is 1. The van der Waals surface area contributed by atoms with E-state index in [1.807, 2.05) is 41.1 Å². The Morgan fingerprint density at radius 3 is 2.64 bits per heavy atom. The molecule has 0 saturated carbocycles. The second-order valence-corrected chi connectivity index (χ2v) is 7.02. The summed E-state index contributed by atoms with van der Waals surface area (Å²) < 4.78 is 15.3. The van der Waals surface area contributed by atoms with Crippen LogP contribution in [0.3, 0.4) is 0 Å². The molecular formula is C22H23FN4O. The van der Waals surface area contributed by atoms with Gasteiger partial charge in [0.2, 0.25) is 5.91 Å². The zero-order chi connectivity index (χ0) is 19.3. The average molecular weight is 378 g/mol. The molecule has 0 bridgehead atoms. The fourth-order valence-corrected chi connectivity index (χ4v) is 3.59. The molecule has 28 heavy (non-hydrogen) atoms. The number of benzene rings is 2. The summed E-state index contributed by atoms with van der Waals surface area (Å²) in [7, 11) is 0. The number of nitrogens with zero attached hydrogens (tertiary/aromatic N) is 2. The highest BCUT2D eigenvalue weighted by Crippen LogP contribution is 2.28. The first-order valence-electron chi connectivity index (χ1n) is 9.52. The minimum atomic E-state index is -0.279. The molecule has 1 aliphatic heterocycles. The van der Waals surface area contributed by atoms with Gasteiger partial charge in [0.05, 0.1) is 24.5 Å². The van der Waals surface area contributed by atoms with Crippen molar-refractivity contribution in [2.45, 2.75) is 32.0 Å². The van der Waals surface area contributed by atoms with Gasteiger partial charge in [0.15, 0.2) is 0 Å². The predicted octanol–water partition coefficient (Wildman–Crippen LogP) is 2.96. The molecule has 144 valence electrons. The summed E-state index contributed by atoms with van der Waals surface area (Å²) in [6.07, 6.45) is 0.296. The van der Waals surface area contributed by atoms with Gasteiger partial charge in [-0.05, 0) is 29.3 Å². The third-order valence-corrected chi connectivity index (χ3v) is 5.05. The van der Waals surface area contributed by atoms with E-state index in [1.54, 1.807) is 12.1 Å². The molecule has 0 aliphatic carbocycles. The number of carbonyl (C=O) groups excluding carboxylic acids is 1. The third kappa shape index (κ3) is 4.28. The molecule has 5 nitrogen and oxygen atoms in total. The van der Waals surface area contributed by atoms with Crippen LogP contribution in [0.2, 0.25) is 0 Å². The van der Waals surface area contributed by atoms with Gasteiger partial charge in [0.1, 0.15) is 5.82 Å². The van der Waals surface area contributed by atoms with E-state index < -0.39 is 0 Å². The van der Waals surface area contributed by atoms with Crippen LogP contribution in [0.1, 0.15) is 34.9 Å². The van der Waals surface area contributed by atoms with E-state index in [0.29, 0.717) is 13.0 Å². The van der Waals surface area contributed by atoms with Gasteiger partial charge < -0.3 is 10.6 Å². The number of fused-ring (bicyclic) bond motifs is 1. The fourth-order valence-electron chi connectivity index (χ4n) is 3.59. The molecular weight excluding hydrogens is 355 g/mol.